The lowest BCUT2D eigenvalue weighted by Crippen LogP contribution is -2.46. The molecule has 4 heterocycles. The highest BCUT2D eigenvalue weighted by atomic mass is 35.5. The third-order valence-corrected chi connectivity index (χ3v) is 4.18. The van der Waals surface area contributed by atoms with E-state index in [0.29, 0.717) is 30.3 Å². The van der Waals surface area contributed by atoms with Gasteiger partial charge in [-0.15, -0.1) is 12.4 Å². The third-order valence-electron chi connectivity index (χ3n) is 4.18. The Labute approximate surface area is 136 Å². The number of anilines is 1. The Morgan fingerprint density at radius 1 is 1.45 bits per heavy atom. The first-order chi connectivity index (χ1) is 10.1. The maximum Gasteiger partial charge on any atom is 0.414 e. The van der Waals surface area contributed by atoms with Crippen LogP contribution < -0.4 is 5.32 Å². The normalized spacial score (nSPS) is 26.6. The zero-order valence-corrected chi connectivity index (χ0v) is 13.8. The van der Waals surface area contributed by atoms with Crippen LogP contribution in [-0.2, 0) is 4.74 Å². The molecule has 1 unspecified atom stereocenters. The molecule has 1 aromatic rings. The molecule has 1 amide bonds. The molecule has 1 N–H and O–H groups in total. The molecule has 3 aliphatic heterocycles. The molecule has 0 saturated carbocycles. The summed E-state index contributed by atoms with van der Waals surface area (Å²) in [6.45, 7) is 7.64. The lowest BCUT2D eigenvalue weighted by Gasteiger charge is -2.43. The molecule has 0 aromatic carbocycles. The van der Waals surface area contributed by atoms with Gasteiger partial charge >= 0.3 is 6.09 Å². The highest BCUT2D eigenvalue weighted by Gasteiger charge is 2.38. The Hall–Kier alpha value is -1.34. The van der Waals surface area contributed by atoms with Gasteiger partial charge in [-0.1, -0.05) is 13.8 Å². The second-order valence-electron chi connectivity index (χ2n) is 6.32. The van der Waals surface area contributed by atoms with Crippen LogP contribution in [0, 0.1) is 11.8 Å². The van der Waals surface area contributed by atoms with Crippen molar-refractivity contribution < 1.29 is 14.1 Å². The Kier molecular flexibility index (Phi) is 5.63. The lowest BCUT2D eigenvalue weighted by atomic mass is 9.79. The van der Waals surface area contributed by atoms with E-state index in [1.54, 1.807) is 0 Å². The molecule has 3 fully saturated rings. The van der Waals surface area contributed by atoms with E-state index < -0.39 is 6.09 Å². The number of ether oxygens (including phenoxy) is 1. The van der Waals surface area contributed by atoms with Crippen LogP contribution in [-0.4, -0.2) is 47.4 Å². The average molecular weight is 331 g/mol. The number of fused-ring (bicyclic) bond motifs is 3. The van der Waals surface area contributed by atoms with Crippen molar-refractivity contribution in [3.8, 4) is 0 Å². The number of hydrogen-bond acceptors (Lipinski definition) is 6. The standard InChI is InChI=1S/C14H22N4O3.ClH/c1-9(2)8-20-14(19)16-13-15-12(21-17-13)11-7-18-5-3-10(11)4-6-18;/h9-11H,3-8H2,1-2H3,(H,16,17,19);1H. The third kappa shape index (κ3) is 3.89. The fourth-order valence-corrected chi connectivity index (χ4v) is 3.05. The number of amides is 1. The minimum atomic E-state index is -0.537. The summed E-state index contributed by atoms with van der Waals surface area (Å²) in [5.74, 6) is 2.03. The zero-order chi connectivity index (χ0) is 14.8. The van der Waals surface area contributed by atoms with Crippen LogP contribution in [0.2, 0.25) is 0 Å². The van der Waals surface area contributed by atoms with Crippen molar-refractivity contribution in [1.29, 1.82) is 0 Å². The van der Waals surface area contributed by atoms with E-state index in [2.05, 4.69) is 20.4 Å². The highest BCUT2D eigenvalue weighted by Crippen LogP contribution is 2.38. The summed E-state index contributed by atoms with van der Waals surface area (Å²) in [5, 5.41) is 6.34. The predicted octanol–water partition coefficient (Wildman–Crippen LogP) is 2.51. The number of rotatable bonds is 4. The van der Waals surface area contributed by atoms with Crippen LogP contribution >= 0.6 is 12.4 Å². The van der Waals surface area contributed by atoms with Gasteiger partial charge in [-0.2, -0.15) is 4.98 Å². The number of carbonyl (C=O) groups excluding carboxylic acids is 1. The summed E-state index contributed by atoms with van der Waals surface area (Å²) in [4.78, 5) is 18.3. The molecular formula is C14H23ClN4O3. The van der Waals surface area contributed by atoms with Crippen LogP contribution in [0.5, 0.6) is 0 Å². The Balaban J connectivity index is 0.00000176. The van der Waals surface area contributed by atoms with Crippen LogP contribution in [0.1, 0.15) is 38.5 Å². The molecule has 124 valence electrons. The maximum absolute atomic E-state index is 11.6. The number of aromatic nitrogens is 2. The summed E-state index contributed by atoms with van der Waals surface area (Å²) in [5.41, 5.74) is 0. The SMILES string of the molecule is CC(C)COC(=O)Nc1noc(C2CN3CCC2CC3)n1.Cl. The summed E-state index contributed by atoms with van der Waals surface area (Å²) in [7, 11) is 0. The molecule has 3 saturated heterocycles. The van der Waals surface area contributed by atoms with Crippen molar-refractivity contribution in [3.05, 3.63) is 5.89 Å². The number of nitrogens with zero attached hydrogens (tertiary/aromatic N) is 3. The Morgan fingerprint density at radius 3 is 2.77 bits per heavy atom. The van der Waals surface area contributed by atoms with Crippen molar-refractivity contribution in [1.82, 2.24) is 15.0 Å². The van der Waals surface area contributed by atoms with Gasteiger partial charge in [0, 0.05) is 6.54 Å². The van der Waals surface area contributed by atoms with E-state index in [9.17, 15) is 4.79 Å². The molecule has 4 rings (SSSR count). The quantitative estimate of drug-likeness (QED) is 0.913. The Morgan fingerprint density at radius 2 is 2.18 bits per heavy atom. The topological polar surface area (TPSA) is 80.5 Å². The van der Waals surface area contributed by atoms with E-state index in [0.717, 1.165) is 6.54 Å². The molecular weight excluding hydrogens is 308 g/mol. The van der Waals surface area contributed by atoms with Crippen molar-refractivity contribution in [2.75, 3.05) is 31.6 Å². The molecule has 2 bridgehead atoms. The second kappa shape index (κ2) is 7.28. The monoisotopic (exact) mass is 330 g/mol. The van der Waals surface area contributed by atoms with Gasteiger partial charge in [0.05, 0.1) is 12.5 Å². The summed E-state index contributed by atoms with van der Waals surface area (Å²) in [6.07, 6.45) is 1.84. The van der Waals surface area contributed by atoms with Crippen molar-refractivity contribution in [3.63, 3.8) is 0 Å². The lowest BCUT2D eigenvalue weighted by molar-refractivity contribution is 0.0727. The van der Waals surface area contributed by atoms with Gasteiger partial charge in [-0.3, -0.25) is 5.32 Å². The molecule has 7 nitrogen and oxygen atoms in total. The fraction of sp³-hybridized carbons (Fsp3) is 0.786. The van der Waals surface area contributed by atoms with Gasteiger partial charge in [0.15, 0.2) is 0 Å². The van der Waals surface area contributed by atoms with Crippen molar-refractivity contribution in [2.24, 2.45) is 11.8 Å². The Bertz CT molecular complexity index is 500. The number of hydrogen-bond donors (Lipinski definition) is 1. The highest BCUT2D eigenvalue weighted by molar-refractivity contribution is 5.85. The number of carbonyl (C=O) groups is 1. The van der Waals surface area contributed by atoms with Crippen molar-refractivity contribution >= 4 is 24.4 Å². The number of halogens is 1. The molecule has 22 heavy (non-hydrogen) atoms. The molecule has 0 radical (unpaired) electrons. The van der Waals surface area contributed by atoms with Gasteiger partial charge in [-0.25, -0.2) is 4.79 Å². The first-order valence-electron chi connectivity index (χ1n) is 7.61. The fourth-order valence-electron chi connectivity index (χ4n) is 3.05. The van der Waals surface area contributed by atoms with E-state index in [1.165, 1.54) is 25.9 Å². The molecule has 0 aliphatic carbocycles. The first kappa shape index (κ1) is 17.0. The van der Waals surface area contributed by atoms with Gasteiger partial charge in [-0.05, 0) is 42.9 Å². The minimum Gasteiger partial charge on any atom is -0.449 e. The van der Waals surface area contributed by atoms with Crippen molar-refractivity contribution in [2.45, 2.75) is 32.6 Å². The molecule has 3 aliphatic rings. The van der Waals surface area contributed by atoms with Gasteiger partial charge in [0.25, 0.3) is 5.95 Å². The average Bonchev–Trinajstić information content (AvgIpc) is 2.94. The van der Waals surface area contributed by atoms with Crippen LogP contribution in [0.25, 0.3) is 0 Å². The molecule has 0 spiro atoms. The summed E-state index contributed by atoms with van der Waals surface area (Å²) in [6, 6.07) is 0. The van der Waals surface area contributed by atoms with Gasteiger partial charge in [0.1, 0.15) is 0 Å². The van der Waals surface area contributed by atoms with E-state index in [4.69, 9.17) is 9.26 Å². The van der Waals surface area contributed by atoms with Crippen LogP contribution in [0.3, 0.4) is 0 Å². The maximum atomic E-state index is 11.6. The van der Waals surface area contributed by atoms with E-state index >= 15 is 0 Å². The van der Waals surface area contributed by atoms with E-state index in [-0.39, 0.29) is 18.4 Å². The summed E-state index contributed by atoms with van der Waals surface area (Å²) >= 11 is 0. The van der Waals surface area contributed by atoms with Gasteiger partial charge < -0.3 is 14.2 Å². The largest absolute Gasteiger partial charge is 0.449 e. The van der Waals surface area contributed by atoms with Crippen LogP contribution in [0.15, 0.2) is 4.52 Å². The minimum absolute atomic E-state index is 0. The predicted molar refractivity (Wildman–Crippen MR) is 83.3 cm³/mol. The first-order valence-corrected chi connectivity index (χ1v) is 7.61. The van der Waals surface area contributed by atoms with Gasteiger partial charge in [0.2, 0.25) is 5.89 Å². The van der Waals surface area contributed by atoms with E-state index in [1.807, 2.05) is 13.8 Å². The molecule has 8 heteroatoms. The number of nitrogens with one attached hydrogen (secondary N) is 1. The molecule has 1 aromatic heterocycles. The summed E-state index contributed by atoms with van der Waals surface area (Å²) < 4.78 is 10.4. The second-order valence-corrected chi connectivity index (χ2v) is 6.32. The number of piperidine rings is 3. The molecule has 1 atom stereocenters. The zero-order valence-electron chi connectivity index (χ0n) is 12.9. The van der Waals surface area contributed by atoms with Crippen LogP contribution in [0.4, 0.5) is 10.7 Å². The smallest absolute Gasteiger partial charge is 0.414 e.